The number of aromatic nitrogens is 12. The molecule has 22 rings (SSSR count). The van der Waals surface area contributed by atoms with Crippen molar-refractivity contribution in [2.24, 2.45) is 0 Å². The van der Waals surface area contributed by atoms with Gasteiger partial charge >= 0.3 is 7.12 Å². The lowest BCUT2D eigenvalue weighted by atomic mass is 9.80. The van der Waals surface area contributed by atoms with Gasteiger partial charge in [0.15, 0.2) is 34.9 Å². The maximum Gasteiger partial charge on any atom is 0.488 e. The molecule has 0 atom stereocenters. The Morgan fingerprint density at radius 1 is 0.210 bits per heavy atom. The number of fused-ring (bicyclic) bond motifs is 12. The summed E-state index contributed by atoms with van der Waals surface area (Å²) >= 11 is 3.55. The largest absolute Gasteiger partial charge is 0.488 e. The molecule has 0 aliphatic heterocycles. The smallest absolute Gasteiger partial charge is 0.423 e. The van der Waals surface area contributed by atoms with Crippen molar-refractivity contribution < 1.29 is 10.0 Å². The van der Waals surface area contributed by atoms with E-state index < -0.39 is 7.12 Å². The highest BCUT2D eigenvalue weighted by Gasteiger charge is 2.23. The zero-order chi connectivity index (χ0) is 77.6. The quantitative estimate of drug-likeness (QED) is 0.113. The zero-order valence-electron chi connectivity index (χ0n) is 62.2. The lowest BCUT2D eigenvalue weighted by molar-refractivity contribution is 0.426. The van der Waals surface area contributed by atoms with E-state index in [1.54, 1.807) is 6.07 Å². The van der Waals surface area contributed by atoms with Gasteiger partial charge in [0.05, 0.1) is 55.2 Å². The summed E-state index contributed by atoms with van der Waals surface area (Å²) in [5, 5.41) is 26.2. The van der Waals surface area contributed by atoms with E-state index in [1.807, 2.05) is 188 Å². The molecule has 2 N–H and O–H groups in total. The highest BCUT2D eigenvalue weighted by atomic mass is 79.9. The van der Waals surface area contributed by atoms with E-state index in [4.69, 9.17) is 34.9 Å². The van der Waals surface area contributed by atoms with Gasteiger partial charge in [0.25, 0.3) is 0 Å². The van der Waals surface area contributed by atoms with Crippen LogP contribution in [0.5, 0.6) is 0 Å². The van der Waals surface area contributed by atoms with E-state index in [9.17, 15) is 10.0 Å². The molecular weight excluding hydrogens is 1590 g/mol. The summed E-state index contributed by atoms with van der Waals surface area (Å²) in [4.78, 5) is 38.9. The van der Waals surface area contributed by atoms with E-state index in [0.717, 1.165) is 138 Å². The molecule has 8 heterocycles. The molecular formula is C108H98BBrN12O2. The third-order valence-corrected chi connectivity index (χ3v) is 21.6. The number of hydrogen-bond donors (Lipinski definition) is 2. The molecule has 14 aromatic carbocycles. The van der Waals surface area contributed by atoms with Gasteiger partial charge in [-0.25, -0.2) is 29.9 Å². The minimum Gasteiger partial charge on any atom is -0.423 e. The summed E-state index contributed by atoms with van der Waals surface area (Å²) in [6.07, 6.45) is 3.73. The molecule has 0 radical (unpaired) electrons. The monoisotopic (exact) mass is 1680 g/mol. The van der Waals surface area contributed by atoms with Crippen LogP contribution in [-0.4, -0.2) is 75.3 Å². The van der Waals surface area contributed by atoms with Crippen molar-refractivity contribution >= 4 is 116 Å². The van der Waals surface area contributed by atoms with Crippen molar-refractivity contribution in [3.8, 4) is 102 Å². The molecule has 0 spiro atoms. The van der Waals surface area contributed by atoms with Crippen LogP contribution in [0.1, 0.15) is 59.4 Å². The standard InChI is InChI=1S/C50H32N6.C33H23BN4O2.C17H11BrN2.8CH4/c1-4-14-33(15-5-1)48-52-49(34-16-6-2-7-17-34)54-50(53-48)37-18-12-21-39(30-37)56-43-23-11-10-22-40(43)41-31-35(25-27-44(41)56)36-26-28-45-42(32-36)47-46(24-13-29-51-47)55(45)38-19-8-3-9-20-38;39-34(40)25-18-19-30-28(21-25)27-16-7-8-17-29(27)38(30)26-15-9-14-24(20-26)33-36-31(22-10-3-1-4-11-22)35-32(37-33)23-12-5-2-6-13-23;18-12-8-9-15-14(11-12)17-16(7-4-10-19-17)20(15)13-5-2-1-3-6-13;;;;;;;;/h1-32H;1-21,39-40H;1-11H;8*1H4. The number of pyridine rings is 2. The summed E-state index contributed by atoms with van der Waals surface area (Å²) in [6, 6.07) is 128. The maximum atomic E-state index is 9.78. The molecule has 0 fully saturated rings. The molecule has 612 valence electrons. The highest BCUT2D eigenvalue weighted by molar-refractivity contribution is 9.10. The van der Waals surface area contributed by atoms with Gasteiger partial charge < -0.3 is 28.3 Å². The topological polar surface area (TPSA) is 163 Å². The average Bonchev–Trinajstić information content (AvgIpc) is 1.61. The van der Waals surface area contributed by atoms with E-state index in [2.05, 4.69) is 233 Å². The van der Waals surface area contributed by atoms with Crippen molar-refractivity contribution in [3.63, 3.8) is 0 Å². The first kappa shape index (κ1) is 88.4. The Morgan fingerprint density at radius 2 is 0.492 bits per heavy atom. The first-order chi connectivity index (χ1) is 57.3. The van der Waals surface area contributed by atoms with Crippen LogP contribution in [0.15, 0.2) is 393 Å². The second-order valence-electron chi connectivity index (χ2n) is 28.2. The fraction of sp³-hybridized carbons (Fsp3) is 0.0741. The van der Waals surface area contributed by atoms with Crippen LogP contribution in [0, 0.1) is 0 Å². The summed E-state index contributed by atoms with van der Waals surface area (Å²) in [5.41, 5.74) is 23.3. The minimum atomic E-state index is -1.53. The predicted octanol–water partition coefficient (Wildman–Crippen LogP) is 27.8. The van der Waals surface area contributed by atoms with Crippen molar-refractivity contribution in [3.05, 3.63) is 393 Å². The summed E-state index contributed by atoms with van der Waals surface area (Å²) in [6.45, 7) is 0. The molecule has 0 aliphatic carbocycles. The molecule has 0 aliphatic rings. The van der Waals surface area contributed by atoms with Crippen LogP contribution in [0.25, 0.3) is 190 Å². The zero-order valence-corrected chi connectivity index (χ0v) is 63.8. The van der Waals surface area contributed by atoms with Gasteiger partial charge in [0, 0.05) is 105 Å². The fourth-order valence-electron chi connectivity index (χ4n) is 15.8. The first-order valence-electron chi connectivity index (χ1n) is 38.2. The Bertz CT molecular complexity index is 7340. The van der Waals surface area contributed by atoms with Crippen LogP contribution in [-0.2, 0) is 0 Å². The highest BCUT2D eigenvalue weighted by Crippen LogP contribution is 2.41. The molecule has 124 heavy (non-hydrogen) atoms. The molecule has 14 nitrogen and oxygen atoms in total. The van der Waals surface area contributed by atoms with Crippen LogP contribution in [0.3, 0.4) is 0 Å². The second kappa shape index (κ2) is 38.2. The van der Waals surface area contributed by atoms with Crippen molar-refractivity contribution in [1.82, 2.24) is 58.1 Å². The maximum absolute atomic E-state index is 9.78. The minimum absolute atomic E-state index is 0. The van der Waals surface area contributed by atoms with Crippen LogP contribution < -0.4 is 5.46 Å². The number of nitrogens with zero attached hydrogens (tertiary/aromatic N) is 12. The second-order valence-corrected chi connectivity index (χ2v) is 29.2. The third-order valence-electron chi connectivity index (χ3n) is 21.2. The summed E-state index contributed by atoms with van der Waals surface area (Å²) < 4.78 is 10.1. The molecule has 0 saturated heterocycles. The van der Waals surface area contributed by atoms with Gasteiger partial charge in [-0.2, -0.15) is 0 Å². The number of benzene rings is 14. The van der Waals surface area contributed by atoms with Crippen LogP contribution in [0.2, 0.25) is 0 Å². The molecule has 0 amide bonds. The van der Waals surface area contributed by atoms with Crippen molar-refractivity contribution in [2.45, 2.75) is 59.4 Å². The SMILES string of the molecule is Brc1ccc2c(c1)c1ncccc1n2-c1ccccc1.C.C.C.C.C.C.C.C.OB(O)c1ccc2c(c1)c1ccccc1n2-c1cccc(-c2nc(-c3ccccc3)nc(-c3ccccc3)n2)c1.c1ccc(-c2nc(-c3ccccc3)nc(-c3cccc(-n4c5ccccc5c5cc(-c6ccc7c(c6)c6ncccc6n7-c6ccccc6)ccc54)c3)n2)cc1. The predicted molar refractivity (Wildman–Crippen MR) is 528 cm³/mol. The van der Waals surface area contributed by atoms with Crippen molar-refractivity contribution in [1.29, 1.82) is 0 Å². The fourth-order valence-corrected chi connectivity index (χ4v) is 16.2. The first-order valence-corrected chi connectivity index (χ1v) is 39.0. The summed E-state index contributed by atoms with van der Waals surface area (Å²) in [7, 11) is -1.53. The lowest BCUT2D eigenvalue weighted by Crippen LogP contribution is -2.29. The van der Waals surface area contributed by atoms with Gasteiger partial charge in [-0.1, -0.05) is 318 Å². The van der Waals surface area contributed by atoms with Gasteiger partial charge in [-0.15, -0.1) is 0 Å². The van der Waals surface area contributed by atoms with Gasteiger partial charge in [-0.05, 0) is 150 Å². The van der Waals surface area contributed by atoms with Gasteiger partial charge in [-0.3, -0.25) is 9.97 Å². The van der Waals surface area contributed by atoms with E-state index in [0.29, 0.717) is 40.4 Å². The van der Waals surface area contributed by atoms with Gasteiger partial charge in [0.1, 0.15) is 0 Å². The van der Waals surface area contributed by atoms with Gasteiger partial charge in [0.2, 0.25) is 0 Å². The third kappa shape index (κ3) is 16.6. The number of halogens is 1. The molecule has 16 heteroatoms. The Balaban J connectivity index is 0.000000181. The van der Waals surface area contributed by atoms with Crippen LogP contribution in [0.4, 0.5) is 0 Å². The number of hydrogen-bond acceptors (Lipinski definition) is 10. The average molecular weight is 1690 g/mol. The molecule has 0 bridgehead atoms. The molecule has 0 unspecified atom stereocenters. The van der Waals surface area contributed by atoms with Crippen LogP contribution >= 0.6 is 15.9 Å². The molecule has 0 saturated carbocycles. The van der Waals surface area contributed by atoms with E-state index in [1.165, 1.54) is 21.7 Å². The molecule has 8 aromatic heterocycles. The Labute approximate surface area is 733 Å². The Kier molecular flexibility index (Phi) is 27.2. The van der Waals surface area contributed by atoms with Crippen molar-refractivity contribution in [2.75, 3.05) is 0 Å². The Hall–Kier alpha value is -14.9. The molecule has 22 aromatic rings. The van der Waals surface area contributed by atoms with E-state index in [-0.39, 0.29) is 59.4 Å². The lowest BCUT2D eigenvalue weighted by Gasteiger charge is -2.12. The number of rotatable bonds is 12. The van der Waals surface area contributed by atoms with E-state index >= 15 is 0 Å². The Morgan fingerprint density at radius 3 is 0.887 bits per heavy atom. The summed E-state index contributed by atoms with van der Waals surface area (Å²) in [5.74, 6) is 3.72. The normalized spacial score (nSPS) is 10.7. The number of para-hydroxylation sites is 4.